The molecule has 17 heavy (non-hydrogen) atoms. The van der Waals surface area contributed by atoms with Crippen molar-refractivity contribution >= 4 is 9.84 Å². The number of hydrogen-bond acceptors (Lipinski definition) is 3. The second kappa shape index (κ2) is 4.35. The van der Waals surface area contributed by atoms with Gasteiger partial charge in [-0.05, 0) is 23.8 Å². The van der Waals surface area contributed by atoms with Crippen LogP contribution in [0.4, 0.5) is 0 Å². The first-order valence-corrected chi connectivity index (χ1v) is 6.99. The fourth-order valence-corrected chi connectivity index (χ4v) is 2.30. The van der Waals surface area contributed by atoms with Crippen molar-refractivity contribution in [3.8, 4) is 11.3 Å². The van der Waals surface area contributed by atoms with Gasteiger partial charge in [-0.2, -0.15) is 0 Å². The lowest BCUT2D eigenvalue weighted by Crippen LogP contribution is -1.96. The first-order valence-electron chi connectivity index (χ1n) is 5.10. The number of nitrogens with one attached hydrogen (secondary N) is 1. The molecule has 0 spiro atoms. The van der Waals surface area contributed by atoms with Crippen LogP contribution in [0.3, 0.4) is 0 Å². The fraction of sp³-hybridized carbons (Fsp3) is 0.167. The third kappa shape index (κ3) is 2.40. The van der Waals surface area contributed by atoms with Gasteiger partial charge in [0.05, 0.1) is 17.2 Å². The lowest BCUT2D eigenvalue weighted by atomic mass is 10.1. The molecule has 0 saturated heterocycles. The average Bonchev–Trinajstić information content (AvgIpc) is 2.76. The van der Waals surface area contributed by atoms with Gasteiger partial charge < -0.3 is 10.1 Å². The molecule has 0 unspecified atom stereocenters. The fourth-order valence-electron chi connectivity index (χ4n) is 1.67. The van der Waals surface area contributed by atoms with Crippen molar-refractivity contribution in [2.45, 2.75) is 11.5 Å². The van der Waals surface area contributed by atoms with Crippen LogP contribution in [-0.2, 0) is 16.4 Å². The first kappa shape index (κ1) is 11.9. The Morgan fingerprint density at radius 2 is 1.82 bits per heavy atom. The Kier molecular flexibility index (Phi) is 3.04. The van der Waals surface area contributed by atoms with Crippen LogP contribution in [0, 0.1) is 0 Å². The van der Waals surface area contributed by atoms with Gasteiger partial charge >= 0.3 is 0 Å². The molecule has 0 atom stereocenters. The van der Waals surface area contributed by atoms with Crippen LogP contribution in [-0.4, -0.2) is 24.8 Å². The van der Waals surface area contributed by atoms with E-state index in [2.05, 4.69) is 4.98 Å². The lowest BCUT2D eigenvalue weighted by molar-refractivity contribution is 0.282. The minimum Gasteiger partial charge on any atom is -0.392 e. The molecule has 0 aliphatic carbocycles. The first-order chi connectivity index (χ1) is 8.02. The molecule has 90 valence electrons. The lowest BCUT2D eigenvalue weighted by Gasteiger charge is -2.03. The number of aliphatic hydroxyl groups excluding tert-OH is 1. The predicted molar refractivity (Wildman–Crippen MR) is 65.3 cm³/mol. The SMILES string of the molecule is CS(=O)(=O)c1ccc(-c2[nH]ccc2CO)cc1. The summed E-state index contributed by atoms with van der Waals surface area (Å²) in [4.78, 5) is 3.31. The van der Waals surface area contributed by atoms with Crippen LogP contribution in [0.2, 0.25) is 0 Å². The predicted octanol–water partition coefficient (Wildman–Crippen LogP) is 1.58. The van der Waals surface area contributed by atoms with Crippen molar-refractivity contribution in [3.05, 3.63) is 42.1 Å². The van der Waals surface area contributed by atoms with Gasteiger partial charge in [-0.1, -0.05) is 12.1 Å². The zero-order valence-electron chi connectivity index (χ0n) is 9.34. The largest absolute Gasteiger partial charge is 0.392 e. The summed E-state index contributed by atoms with van der Waals surface area (Å²) in [5.41, 5.74) is 2.45. The molecule has 2 aromatic rings. The van der Waals surface area contributed by atoms with Crippen LogP contribution in [0.5, 0.6) is 0 Å². The van der Waals surface area contributed by atoms with E-state index in [9.17, 15) is 8.42 Å². The Hall–Kier alpha value is -1.59. The standard InChI is InChI=1S/C12H13NO3S/c1-17(15,16)11-4-2-9(3-5-11)12-10(8-14)6-7-13-12/h2-7,13-14H,8H2,1H3. The number of aliphatic hydroxyl groups is 1. The molecule has 1 heterocycles. The Morgan fingerprint density at radius 1 is 1.18 bits per heavy atom. The number of benzene rings is 1. The van der Waals surface area contributed by atoms with E-state index in [4.69, 9.17) is 5.11 Å². The molecule has 0 radical (unpaired) electrons. The number of aromatic nitrogens is 1. The van der Waals surface area contributed by atoms with Gasteiger partial charge in [-0.15, -0.1) is 0 Å². The number of H-pyrrole nitrogens is 1. The summed E-state index contributed by atoms with van der Waals surface area (Å²) >= 11 is 0. The van der Waals surface area contributed by atoms with E-state index >= 15 is 0 Å². The van der Waals surface area contributed by atoms with Gasteiger partial charge in [0.1, 0.15) is 0 Å². The van der Waals surface area contributed by atoms with Gasteiger partial charge in [0.15, 0.2) is 9.84 Å². The van der Waals surface area contributed by atoms with E-state index in [0.29, 0.717) is 4.90 Å². The molecule has 2 rings (SSSR count). The Bertz CT molecular complexity index is 611. The van der Waals surface area contributed by atoms with Gasteiger partial charge in [0, 0.05) is 18.0 Å². The van der Waals surface area contributed by atoms with E-state index in [0.717, 1.165) is 16.8 Å². The molecule has 0 aliphatic heterocycles. The second-order valence-electron chi connectivity index (χ2n) is 3.83. The van der Waals surface area contributed by atoms with E-state index in [1.165, 1.54) is 6.26 Å². The molecule has 5 heteroatoms. The van der Waals surface area contributed by atoms with E-state index < -0.39 is 9.84 Å². The minimum atomic E-state index is -3.16. The number of sulfone groups is 1. The van der Waals surface area contributed by atoms with Crippen LogP contribution in [0.1, 0.15) is 5.56 Å². The van der Waals surface area contributed by atoms with Crippen molar-refractivity contribution in [2.24, 2.45) is 0 Å². The molecule has 2 N–H and O–H groups in total. The molecule has 0 aliphatic rings. The van der Waals surface area contributed by atoms with Crippen LogP contribution in [0.15, 0.2) is 41.4 Å². The highest BCUT2D eigenvalue weighted by atomic mass is 32.2. The van der Waals surface area contributed by atoms with Crippen molar-refractivity contribution in [2.75, 3.05) is 6.26 Å². The summed E-state index contributed by atoms with van der Waals surface area (Å²) in [6.45, 7) is -0.0489. The molecule has 1 aromatic heterocycles. The molecular weight excluding hydrogens is 238 g/mol. The maximum absolute atomic E-state index is 11.3. The summed E-state index contributed by atoms with van der Waals surface area (Å²) in [6.07, 6.45) is 2.92. The van der Waals surface area contributed by atoms with Gasteiger partial charge in [-0.3, -0.25) is 0 Å². The third-order valence-corrected chi connectivity index (χ3v) is 3.70. The van der Waals surface area contributed by atoms with Gasteiger partial charge in [0.2, 0.25) is 0 Å². The maximum atomic E-state index is 11.3. The normalized spacial score (nSPS) is 11.6. The molecule has 0 amide bonds. The van der Waals surface area contributed by atoms with Crippen molar-refractivity contribution in [3.63, 3.8) is 0 Å². The molecule has 1 aromatic carbocycles. The number of hydrogen-bond donors (Lipinski definition) is 2. The molecule has 0 saturated carbocycles. The summed E-state index contributed by atoms with van der Waals surface area (Å²) in [6, 6.07) is 8.36. The Balaban J connectivity index is 2.43. The minimum absolute atomic E-state index is 0.0489. The van der Waals surface area contributed by atoms with Gasteiger partial charge in [0.25, 0.3) is 0 Å². The van der Waals surface area contributed by atoms with Crippen LogP contribution >= 0.6 is 0 Å². The highest BCUT2D eigenvalue weighted by molar-refractivity contribution is 7.90. The van der Waals surface area contributed by atoms with E-state index in [-0.39, 0.29) is 6.61 Å². The topological polar surface area (TPSA) is 70.2 Å². The second-order valence-corrected chi connectivity index (χ2v) is 5.85. The molecule has 0 fully saturated rings. The summed E-state index contributed by atoms with van der Waals surface area (Å²) in [5.74, 6) is 0. The Morgan fingerprint density at radius 3 is 2.35 bits per heavy atom. The zero-order chi connectivity index (χ0) is 12.5. The summed E-state index contributed by atoms with van der Waals surface area (Å²) in [5, 5.41) is 9.14. The zero-order valence-corrected chi connectivity index (χ0v) is 10.2. The maximum Gasteiger partial charge on any atom is 0.175 e. The highest BCUT2D eigenvalue weighted by Crippen LogP contribution is 2.23. The quantitative estimate of drug-likeness (QED) is 0.870. The molecule has 0 bridgehead atoms. The van der Waals surface area contributed by atoms with Crippen LogP contribution in [0.25, 0.3) is 11.3 Å². The van der Waals surface area contributed by atoms with E-state index in [1.54, 1.807) is 36.5 Å². The summed E-state index contributed by atoms with van der Waals surface area (Å²) in [7, 11) is -3.16. The average molecular weight is 251 g/mol. The third-order valence-electron chi connectivity index (χ3n) is 2.57. The van der Waals surface area contributed by atoms with E-state index in [1.807, 2.05) is 0 Å². The van der Waals surface area contributed by atoms with Crippen LogP contribution < -0.4 is 0 Å². The number of rotatable bonds is 3. The Labute approximate surface area is 99.8 Å². The van der Waals surface area contributed by atoms with Crippen molar-refractivity contribution in [1.29, 1.82) is 0 Å². The molecular formula is C12H13NO3S. The monoisotopic (exact) mass is 251 g/mol. The number of aromatic amines is 1. The molecule has 4 nitrogen and oxygen atoms in total. The highest BCUT2D eigenvalue weighted by Gasteiger charge is 2.09. The summed E-state index contributed by atoms with van der Waals surface area (Å²) < 4.78 is 22.6. The van der Waals surface area contributed by atoms with Gasteiger partial charge in [-0.25, -0.2) is 8.42 Å². The smallest absolute Gasteiger partial charge is 0.175 e. The van der Waals surface area contributed by atoms with Crippen molar-refractivity contribution < 1.29 is 13.5 Å². The van der Waals surface area contributed by atoms with Crippen molar-refractivity contribution in [1.82, 2.24) is 4.98 Å².